The van der Waals surface area contributed by atoms with Crippen LogP contribution in [0.25, 0.3) is 0 Å². The first-order valence-electron chi connectivity index (χ1n) is 6.29. The molecule has 88 valence electrons. The minimum Gasteiger partial charge on any atom is -0.380 e. The topological polar surface area (TPSA) is 24.5 Å². The van der Waals surface area contributed by atoms with Crippen molar-refractivity contribution in [3.8, 4) is 0 Å². The monoisotopic (exact) mass is 212 g/mol. The highest BCUT2D eigenvalue weighted by atomic mass is 16.5. The fourth-order valence-corrected chi connectivity index (χ4v) is 2.92. The largest absolute Gasteiger partial charge is 0.380 e. The van der Waals surface area contributed by atoms with Crippen molar-refractivity contribution in [1.29, 1.82) is 0 Å². The van der Waals surface area contributed by atoms with E-state index < -0.39 is 0 Å². The van der Waals surface area contributed by atoms with Crippen molar-refractivity contribution in [2.75, 3.05) is 33.3 Å². The van der Waals surface area contributed by atoms with E-state index >= 15 is 0 Å². The Labute approximate surface area is 93.2 Å². The Kier molecular flexibility index (Phi) is 4.00. The Hall–Kier alpha value is -0.120. The van der Waals surface area contributed by atoms with Crippen molar-refractivity contribution >= 4 is 0 Å². The highest BCUT2D eigenvalue weighted by Crippen LogP contribution is 2.22. The number of piperidine rings is 2. The second-order valence-electron chi connectivity index (χ2n) is 5.03. The third-order valence-electron chi connectivity index (χ3n) is 4.00. The van der Waals surface area contributed by atoms with Crippen molar-refractivity contribution in [3.63, 3.8) is 0 Å². The Morgan fingerprint density at radius 2 is 2.20 bits per heavy atom. The number of nitrogens with one attached hydrogen (secondary N) is 1. The number of hydrogen-bond donors (Lipinski definition) is 1. The number of methoxy groups -OCH3 is 1. The van der Waals surface area contributed by atoms with Crippen LogP contribution in [0.4, 0.5) is 0 Å². The zero-order chi connectivity index (χ0) is 10.7. The molecule has 0 aromatic heterocycles. The second-order valence-corrected chi connectivity index (χ2v) is 5.03. The number of ether oxygens (including phenoxy) is 1. The van der Waals surface area contributed by atoms with E-state index in [1.807, 2.05) is 7.11 Å². The second kappa shape index (κ2) is 5.28. The van der Waals surface area contributed by atoms with E-state index in [1.165, 1.54) is 32.4 Å². The molecule has 0 bridgehead atoms. The molecule has 0 saturated carbocycles. The highest BCUT2D eigenvalue weighted by molar-refractivity contribution is 4.86. The van der Waals surface area contributed by atoms with Crippen LogP contribution >= 0.6 is 0 Å². The normalized spacial score (nSPS) is 39.2. The van der Waals surface area contributed by atoms with Gasteiger partial charge >= 0.3 is 0 Å². The lowest BCUT2D eigenvalue weighted by atomic mass is 9.91. The van der Waals surface area contributed by atoms with Crippen LogP contribution in [0.1, 0.15) is 26.2 Å². The van der Waals surface area contributed by atoms with Crippen molar-refractivity contribution in [2.24, 2.45) is 5.92 Å². The summed E-state index contributed by atoms with van der Waals surface area (Å²) in [5, 5.41) is 3.51. The van der Waals surface area contributed by atoms with Crippen LogP contribution in [0.3, 0.4) is 0 Å². The lowest BCUT2D eigenvalue weighted by molar-refractivity contribution is -0.000266. The van der Waals surface area contributed by atoms with Crippen LogP contribution in [-0.4, -0.2) is 50.3 Å². The van der Waals surface area contributed by atoms with Crippen molar-refractivity contribution in [1.82, 2.24) is 10.2 Å². The summed E-state index contributed by atoms with van der Waals surface area (Å²) < 4.78 is 5.49. The molecule has 3 unspecified atom stereocenters. The minimum atomic E-state index is 0.466. The molecule has 1 N–H and O–H groups in total. The maximum atomic E-state index is 5.49. The number of rotatable bonds is 2. The average Bonchev–Trinajstić information content (AvgIpc) is 2.30. The average molecular weight is 212 g/mol. The molecule has 3 heteroatoms. The van der Waals surface area contributed by atoms with Crippen LogP contribution in [-0.2, 0) is 4.74 Å². The predicted octanol–water partition coefficient (Wildman–Crippen LogP) is 1.10. The van der Waals surface area contributed by atoms with Gasteiger partial charge in [0.1, 0.15) is 0 Å². The van der Waals surface area contributed by atoms with E-state index in [0.717, 1.165) is 25.0 Å². The van der Waals surface area contributed by atoms with Gasteiger partial charge in [-0.05, 0) is 38.3 Å². The molecule has 3 atom stereocenters. The van der Waals surface area contributed by atoms with Crippen LogP contribution in [0.5, 0.6) is 0 Å². The quantitative estimate of drug-likeness (QED) is 0.742. The Morgan fingerprint density at radius 3 is 2.93 bits per heavy atom. The van der Waals surface area contributed by atoms with Gasteiger partial charge in [0.15, 0.2) is 0 Å². The van der Waals surface area contributed by atoms with Crippen LogP contribution in [0.15, 0.2) is 0 Å². The van der Waals surface area contributed by atoms with Crippen molar-refractivity contribution in [2.45, 2.75) is 38.3 Å². The molecule has 2 aliphatic heterocycles. The van der Waals surface area contributed by atoms with Gasteiger partial charge in [-0.25, -0.2) is 0 Å². The van der Waals surface area contributed by atoms with Gasteiger partial charge < -0.3 is 10.1 Å². The molecule has 2 saturated heterocycles. The van der Waals surface area contributed by atoms with Gasteiger partial charge in [-0.15, -0.1) is 0 Å². The number of hydrogen-bond acceptors (Lipinski definition) is 3. The summed E-state index contributed by atoms with van der Waals surface area (Å²) in [4.78, 5) is 2.63. The summed E-state index contributed by atoms with van der Waals surface area (Å²) in [5.74, 6) is 0.835. The molecule has 0 radical (unpaired) electrons. The van der Waals surface area contributed by atoms with Gasteiger partial charge in [0.2, 0.25) is 0 Å². The number of likely N-dealkylation sites (tertiary alicyclic amines) is 1. The first-order chi connectivity index (χ1) is 7.31. The van der Waals surface area contributed by atoms with E-state index in [9.17, 15) is 0 Å². The maximum Gasteiger partial charge on any atom is 0.0698 e. The molecule has 0 spiro atoms. The molecule has 0 aromatic rings. The minimum absolute atomic E-state index is 0.466. The summed E-state index contributed by atoms with van der Waals surface area (Å²) in [6, 6.07) is 0.733. The number of nitrogens with zero attached hydrogens (tertiary/aromatic N) is 1. The summed E-state index contributed by atoms with van der Waals surface area (Å²) in [5.41, 5.74) is 0. The first kappa shape index (κ1) is 11.4. The first-order valence-corrected chi connectivity index (χ1v) is 6.29. The van der Waals surface area contributed by atoms with Gasteiger partial charge in [-0.3, -0.25) is 4.90 Å². The predicted molar refractivity (Wildman–Crippen MR) is 62.0 cm³/mol. The molecule has 2 rings (SSSR count). The summed E-state index contributed by atoms with van der Waals surface area (Å²) >= 11 is 0. The third kappa shape index (κ3) is 2.71. The molecule has 2 aliphatic rings. The van der Waals surface area contributed by atoms with E-state index in [4.69, 9.17) is 4.74 Å². The molecular formula is C12H24N2O. The lowest BCUT2D eigenvalue weighted by Gasteiger charge is -2.42. The summed E-state index contributed by atoms with van der Waals surface area (Å²) in [6.07, 6.45) is 4.31. The molecule has 2 fully saturated rings. The highest BCUT2D eigenvalue weighted by Gasteiger charge is 2.30. The van der Waals surface area contributed by atoms with E-state index in [-0.39, 0.29) is 0 Å². The molecular weight excluding hydrogens is 188 g/mol. The summed E-state index contributed by atoms with van der Waals surface area (Å²) in [7, 11) is 1.84. The zero-order valence-corrected chi connectivity index (χ0v) is 10.0. The maximum absolute atomic E-state index is 5.49. The lowest BCUT2D eigenvalue weighted by Crippen LogP contribution is -2.54. The van der Waals surface area contributed by atoms with Gasteiger partial charge in [-0.2, -0.15) is 0 Å². The van der Waals surface area contributed by atoms with E-state index in [2.05, 4.69) is 17.1 Å². The zero-order valence-electron chi connectivity index (χ0n) is 10.0. The SMILES string of the molecule is COC1CCCN(C2CNCCC2C)C1. The fourth-order valence-electron chi connectivity index (χ4n) is 2.92. The standard InChI is InChI=1S/C12H24N2O/c1-10-5-6-13-8-12(10)14-7-3-4-11(9-14)15-2/h10-13H,3-9H2,1-2H3. The van der Waals surface area contributed by atoms with Crippen LogP contribution < -0.4 is 5.32 Å². The van der Waals surface area contributed by atoms with Gasteiger partial charge in [-0.1, -0.05) is 6.92 Å². The fraction of sp³-hybridized carbons (Fsp3) is 1.00. The van der Waals surface area contributed by atoms with Gasteiger partial charge in [0, 0.05) is 26.2 Å². The Balaban J connectivity index is 1.90. The molecule has 2 heterocycles. The molecule has 3 nitrogen and oxygen atoms in total. The molecule has 0 aromatic carbocycles. The van der Waals surface area contributed by atoms with E-state index in [0.29, 0.717) is 6.10 Å². The Bertz CT molecular complexity index is 198. The van der Waals surface area contributed by atoms with Crippen LogP contribution in [0.2, 0.25) is 0 Å². The Morgan fingerprint density at radius 1 is 1.33 bits per heavy atom. The van der Waals surface area contributed by atoms with Crippen LogP contribution in [0, 0.1) is 5.92 Å². The van der Waals surface area contributed by atoms with Crippen molar-refractivity contribution in [3.05, 3.63) is 0 Å². The molecule has 0 amide bonds. The van der Waals surface area contributed by atoms with Gasteiger partial charge in [0.25, 0.3) is 0 Å². The van der Waals surface area contributed by atoms with E-state index in [1.54, 1.807) is 0 Å². The van der Waals surface area contributed by atoms with Gasteiger partial charge in [0.05, 0.1) is 6.10 Å². The smallest absolute Gasteiger partial charge is 0.0698 e. The molecule has 0 aliphatic carbocycles. The summed E-state index contributed by atoms with van der Waals surface area (Å²) in [6.45, 7) is 7.14. The third-order valence-corrected chi connectivity index (χ3v) is 4.00. The molecule has 15 heavy (non-hydrogen) atoms. The van der Waals surface area contributed by atoms with Crippen molar-refractivity contribution < 1.29 is 4.74 Å².